The first-order valence-electron chi connectivity index (χ1n) is 9.46. The minimum Gasteiger partial charge on any atom is -0.357 e. The van der Waals surface area contributed by atoms with Gasteiger partial charge in [0.15, 0.2) is 5.96 Å². The van der Waals surface area contributed by atoms with Crippen molar-refractivity contribution in [3.63, 3.8) is 0 Å². The van der Waals surface area contributed by atoms with E-state index in [0.29, 0.717) is 12.3 Å². The Labute approximate surface area is 151 Å². The molecule has 0 amide bonds. The lowest BCUT2D eigenvalue weighted by Gasteiger charge is -2.29. The highest BCUT2D eigenvalue weighted by molar-refractivity contribution is 7.86. The molecule has 1 aliphatic rings. The summed E-state index contributed by atoms with van der Waals surface area (Å²) in [6.07, 6.45) is 3.76. The van der Waals surface area contributed by atoms with E-state index < -0.39 is 10.8 Å². The first kappa shape index (κ1) is 21.4. The van der Waals surface area contributed by atoms with Crippen molar-refractivity contribution < 1.29 is 4.21 Å². The minimum atomic E-state index is -0.823. The number of rotatable bonds is 8. The highest BCUT2D eigenvalue weighted by Crippen LogP contribution is 2.15. The van der Waals surface area contributed by atoms with E-state index in [2.05, 4.69) is 34.4 Å². The molecule has 0 spiro atoms. The van der Waals surface area contributed by atoms with Crippen LogP contribution in [0.4, 0.5) is 0 Å². The van der Waals surface area contributed by atoms with Crippen molar-refractivity contribution in [3.8, 4) is 0 Å². The standard InChI is InChI=1S/C18H38N4OS/c1-6-19-17(21-11-15-24(23)18(3,4)5)20-10-7-12-22-13-8-16(2)9-14-22/h16H,6-15H2,1-5H3,(H2,19,20,21). The Hall–Kier alpha value is -0.620. The first-order chi connectivity index (χ1) is 11.3. The third-order valence-electron chi connectivity index (χ3n) is 4.39. The average Bonchev–Trinajstić information content (AvgIpc) is 2.52. The van der Waals surface area contributed by atoms with Crippen molar-refractivity contribution in [1.82, 2.24) is 15.5 Å². The monoisotopic (exact) mass is 358 g/mol. The van der Waals surface area contributed by atoms with E-state index in [0.717, 1.165) is 37.9 Å². The fourth-order valence-corrected chi connectivity index (χ4v) is 3.58. The molecule has 5 nitrogen and oxygen atoms in total. The van der Waals surface area contributed by atoms with Gasteiger partial charge in [0.1, 0.15) is 0 Å². The minimum absolute atomic E-state index is 0.150. The maximum Gasteiger partial charge on any atom is 0.191 e. The Morgan fingerprint density at radius 3 is 2.50 bits per heavy atom. The molecular weight excluding hydrogens is 320 g/mol. The molecule has 1 unspecified atom stereocenters. The van der Waals surface area contributed by atoms with Crippen LogP contribution in [0.15, 0.2) is 4.99 Å². The first-order valence-corrected chi connectivity index (χ1v) is 10.8. The van der Waals surface area contributed by atoms with E-state index in [9.17, 15) is 4.21 Å². The van der Waals surface area contributed by atoms with Gasteiger partial charge in [-0.2, -0.15) is 0 Å². The average molecular weight is 359 g/mol. The summed E-state index contributed by atoms with van der Waals surface area (Å²) in [6.45, 7) is 16.5. The molecule has 1 aliphatic heterocycles. The molecule has 0 radical (unpaired) electrons. The van der Waals surface area contributed by atoms with Crippen molar-refractivity contribution in [2.24, 2.45) is 10.9 Å². The highest BCUT2D eigenvalue weighted by Gasteiger charge is 2.18. The van der Waals surface area contributed by atoms with Gasteiger partial charge in [-0.3, -0.25) is 9.20 Å². The van der Waals surface area contributed by atoms with Gasteiger partial charge in [0.25, 0.3) is 0 Å². The summed E-state index contributed by atoms with van der Waals surface area (Å²) in [5.74, 6) is 2.39. The zero-order valence-corrected chi connectivity index (χ0v) is 17.2. The normalized spacial score (nSPS) is 19.3. The number of nitrogens with zero attached hydrogens (tertiary/aromatic N) is 2. The largest absolute Gasteiger partial charge is 0.357 e. The van der Waals surface area contributed by atoms with Gasteiger partial charge in [-0.05, 0) is 72.5 Å². The molecule has 6 heteroatoms. The van der Waals surface area contributed by atoms with Crippen LogP contribution in [0.5, 0.6) is 0 Å². The Bertz CT molecular complexity index is 398. The second-order valence-electron chi connectivity index (χ2n) is 7.73. The zero-order chi connectivity index (χ0) is 18.0. The second kappa shape index (κ2) is 11.1. The lowest BCUT2D eigenvalue weighted by atomic mass is 9.99. The van der Waals surface area contributed by atoms with Crippen molar-refractivity contribution in [1.29, 1.82) is 0 Å². The number of hydrogen-bond acceptors (Lipinski definition) is 3. The predicted molar refractivity (Wildman–Crippen MR) is 106 cm³/mol. The van der Waals surface area contributed by atoms with E-state index in [4.69, 9.17) is 0 Å². The van der Waals surface area contributed by atoms with Crippen molar-refractivity contribution >= 4 is 16.8 Å². The summed E-state index contributed by atoms with van der Waals surface area (Å²) in [7, 11) is -0.823. The molecule has 2 N–H and O–H groups in total. The Morgan fingerprint density at radius 1 is 1.25 bits per heavy atom. The number of aliphatic imine (C=N–C) groups is 1. The van der Waals surface area contributed by atoms with Gasteiger partial charge in [-0.25, -0.2) is 0 Å². The molecule has 1 atom stereocenters. The fourth-order valence-electron chi connectivity index (χ4n) is 2.68. The molecule has 0 bridgehead atoms. The molecule has 0 saturated carbocycles. The van der Waals surface area contributed by atoms with Gasteiger partial charge in [0.05, 0.1) is 0 Å². The summed E-state index contributed by atoms with van der Waals surface area (Å²) in [6, 6.07) is 0. The number of likely N-dealkylation sites (tertiary alicyclic amines) is 1. The lowest BCUT2D eigenvalue weighted by molar-refractivity contribution is 0.192. The second-order valence-corrected chi connectivity index (χ2v) is 10.1. The molecule has 0 aromatic carbocycles. The quantitative estimate of drug-likeness (QED) is 0.397. The summed E-state index contributed by atoms with van der Waals surface area (Å²) < 4.78 is 11.9. The number of hydrogen-bond donors (Lipinski definition) is 2. The topological polar surface area (TPSA) is 56.7 Å². The third-order valence-corrected chi connectivity index (χ3v) is 6.33. The molecule has 1 heterocycles. The van der Waals surface area contributed by atoms with E-state index in [1.165, 1.54) is 25.9 Å². The molecule has 1 saturated heterocycles. The van der Waals surface area contributed by atoms with E-state index in [1.807, 2.05) is 20.8 Å². The lowest BCUT2D eigenvalue weighted by Crippen LogP contribution is -2.40. The van der Waals surface area contributed by atoms with Crippen molar-refractivity contribution in [2.45, 2.75) is 58.6 Å². The van der Waals surface area contributed by atoms with Crippen LogP contribution in [0.3, 0.4) is 0 Å². The van der Waals surface area contributed by atoms with Crippen LogP contribution in [0.2, 0.25) is 0 Å². The smallest absolute Gasteiger partial charge is 0.191 e. The van der Waals surface area contributed by atoms with Gasteiger partial charge < -0.3 is 15.5 Å². The zero-order valence-electron chi connectivity index (χ0n) is 16.4. The summed E-state index contributed by atoms with van der Waals surface area (Å²) in [4.78, 5) is 7.20. The Morgan fingerprint density at radius 2 is 1.92 bits per heavy atom. The van der Waals surface area contributed by atoms with Crippen LogP contribution in [0, 0.1) is 5.92 Å². The van der Waals surface area contributed by atoms with Crippen LogP contribution >= 0.6 is 0 Å². The molecule has 142 valence electrons. The van der Waals surface area contributed by atoms with Crippen molar-refractivity contribution in [3.05, 3.63) is 0 Å². The van der Waals surface area contributed by atoms with Gasteiger partial charge in [-0.15, -0.1) is 0 Å². The van der Waals surface area contributed by atoms with Crippen LogP contribution in [0.1, 0.15) is 53.9 Å². The Balaban J connectivity index is 2.25. The molecular formula is C18H38N4OS. The maximum atomic E-state index is 12.1. The molecule has 1 rings (SSSR count). The third kappa shape index (κ3) is 9.02. The molecule has 24 heavy (non-hydrogen) atoms. The van der Waals surface area contributed by atoms with Crippen LogP contribution in [-0.2, 0) is 10.8 Å². The van der Waals surface area contributed by atoms with Gasteiger partial charge in [-0.1, -0.05) is 6.92 Å². The predicted octanol–water partition coefficient (Wildman–Crippen LogP) is 2.21. The SMILES string of the molecule is CCNC(=NCCCN1CCC(C)CC1)NCCS(=O)C(C)(C)C. The summed E-state index contributed by atoms with van der Waals surface area (Å²) in [5, 5.41) is 6.57. The van der Waals surface area contributed by atoms with Crippen LogP contribution < -0.4 is 10.6 Å². The number of piperidine rings is 1. The molecule has 0 aromatic heterocycles. The fraction of sp³-hybridized carbons (Fsp3) is 0.944. The number of nitrogens with one attached hydrogen (secondary N) is 2. The Kier molecular flexibility index (Phi) is 9.89. The molecule has 0 aromatic rings. The van der Waals surface area contributed by atoms with Gasteiger partial charge in [0.2, 0.25) is 0 Å². The van der Waals surface area contributed by atoms with E-state index in [-0.39, 0.29) is 4.75 Å². The van der Waals surface area contributed by atoms with E-state index in [1.54, 1.807) is 0 Å². The number of guanidine groups is 1. The maximum absolute atomic E-state index is 12.1. The molecule has 0 aliphatic carbocycles. The van der Waals surface area contributed by atoms with E-state index >= 15 is 0 Å². The van der Waals surface area contributed by atoms with Gasteiger partial charge >= 0.3 is 0 Å². The highest BCUT2D eigenvalue weighted by atomic mass is 32.2. The van der Waals surface area contributed by atoms with Gasteiger partial charge in [0, 0.05) is 40.9 Å². The van der Waals surface area contributed by atoms with Crippen LogP contribution in [-0.4, -0.2) is 64.8 Å². The van der Waals surface area contributed by atoms with Crippen LogP contribution in [0.25, 0.3) is 0 Å². The van der Waals surface area contributed by atoms with Crippen molar-refractivity contribution in [2.75, 3.05) is 45.0 Å². The summed E-state index contributed by atoms with van der Waals surface area (Å²) in [5.41, 5.74) is 0. The summed E-state index contributed by atoms with van der Waals surface area (Å²) >= 11 is 0. The molecule has 1 fully saturated rings.